The molecular weight excluding hydrogens is 310 g/mol. The van der Waals surface area contributed by atoms with E-state index in [1.807, 2.05) is 24.3 Å². The zero-order chi connectivity index (χ0) is 9.54. The molecule has 1 aromatic heterocycles. The second-order valence-electron chi connectivity index (χ2n) is 3.03. The Morgan fingerprint density at radius 2 is 2.07 bits per heavy atom. The van der Waals surface area contributed by atoms with Crippen molar-refractivity contribution < 1.29 is 4.42 Å². The molecule has 0 fully saturated rings. The van der Waals surface area contributed by atoms with E-state index in [1.165, 1.54) is 10.9 Å². The molecule has 3 heteroatoms. The van der Waals surface area contributed by atoms with E-state index in [-0.39, 0.29) is 20.7 Å². The smallest absolute Gasteiger partial charge is 0.166 e. The molecule has 1 aliphatic heterocycles. The Morgan fingerprint density at radius 3 is 3.00 bits per heavy atom. The molecule has 14 heavy (non-hydrogen) atoms. The fraction of sp³-hybridized carbons (Fsp3) is 0. The number of allylic oxidation sites excluding steroid dienone is 1. The summed E-state index contributed by atoms with van der Waals surface area (Å²) < 4.78 is 8.95. The highest BCUT2D eigenvalue weighted by atomic mass is 127. The van der Waals surface area contributed by atoms with Crippen LogP contribution in [0.4, 0.5) is 0 Å². The van der Waals surface area contributed by atoms with Crippen molar-refractivity contribution in [3.8, 4) is 0 Å². The summed E-state index contributed by atoms with van der Waals surface area (Å²) in [6.45, 7) is 0. The summed E-state index contributed by atoms with van der Waals surface area (Å²) >= 11 is 5.81. The van der Waals surface area contributed by atoms with Crippen LogP contribution in [0.15, 0.2) is 33.7 Å². The van der Waals surface area contributed by atoms with E-state index in [0.29, 0.717) is 0 Å². The summed E-state index contributed by atoms with van der Waals surface area (Å²) in [6, 6.07) is 8.09. The lowest BCUT2D eigenvalue weighted by Crippen LogP contribution is -1.81. The molecule has 0 spiro atoms. The third-order valence-corrected chi connectivity index (χ3v) is 5.06. The number of furan rings is 1. The maximum Gasteiger partial charge on any atom is 0.166 e. The van der Waals surface area contributed by atoms with Gasteiger partial charge >= 0.3 is 0 Å². The molecule has 1 aliphatic rings. The van der Waals surface area contributed by atoms with E-state index in [4.69, 9.17) is 16.0 Å². The van der Waals surface area contributed by atoms with E-state index in [2.05, 4.69) is 10.1 Å². The van der Waals surface area contributed by atoms with Crippen LogP contribution in [0.2, 0.25) is 0 Å². The van der Waals surface area contributed by atoms with Gasteiger partial charge in [-0.05, 0) is 36.9 Å². The Kier molecular flexibility index (Phi) is 1.99. The number of hydrogen-bond acceptors (Lipinski definition) is 1. The number of rotatable bonds is 0. The first kappa shape index (κ1) is 8.68. The van der Waals surface area contributed by atoms with Crippen LogP contribution in [0.5, 0.6) is 0 Å². The second kappa shape index (κ2) is 3.21. The molecule has 0 atom stereocenters. The number of para-hydroxylation sites is 1. The van der Waals surface area contributed by atoms with Gasteiger partial charge in [-0.2, -0.15) is 0 Å². The standard InChI is InChI=1S/C11H6ClIO/c12-7-5-9-8-3-1-2-4-10(8)14-11(9)13-6-7/h1-6H. The fourth-order valence-corrected chi connectivity index (χ4v) is 3.81. The monoisotopic (exact) mass is 316 g/mol. The van der Waals surface area contributed by atoms with Gasteiger partial charge < -0.3 is 4.42 Å². The molecule has 0 radical (unpaired) electrons. The van der Waals surface area contributed by atoms with Crippen LogP contribution in [0.3, 0.4) is 0 Å². The first-order valence-electron chi connectivity index (χ1n) is 4.20. The molecule has 2 aromatic rings. The van der Waals surface area contributed by atoms with Crippen molar-refractivity contribution in [1.29, 1.82) is 0 Å². The normalized spacial score (nSPS) is 14.8. The summed E-state index contributed by atoms with van der Waals surface area (Å²) in [4.78, 5) is 0. The number of fused-ring (bicyclic) bond motifs is 3. The second-order valence-corrected chi connectivity index (χ2v) is 5.69. The molecule has 0 saturated heterocycles. The lowest BCUT2D eigenvalue weighted by Gasteiger charge is -1.97. The predicted octanol–water partition coefficient (Wildman–Crippen LogP) is 3.97. The topological polar surface area (TPSA) is 13.1 Å². The molecule has 1 nitrogen and oxygen atoms in total. The van der Waals surface area contributed by atoms with Gasteiger partial charge in [-0.1, -0.05) is 29.8 Å². The molecule has 3 rings (SSSR count). The summed E-state index contributed by atoms with van der Waals surface area (Å²) in [5, 5.41) is 2.02. The Bertz CT molecular complexity index is 566. The third kappa shape index (κ3) is 1.25. The highest BCUT2D eigenvalue weighted by Crippen LogP contribution is 2.34. The van der Waals surface area contributed by atoms with Crippen LogP contribution in [0.1, 0.15) is 5.56 Å². The molecule has 1 aromatic carbocycles. The van der Waals surface area contributed by atoms with E-state index in [9.17, 15) is 0 Å². The first-order chi connectivity index (χ1) is 6.84. The Labute approximate surface area is 96.1 Å². The van der Waals surface area contributed by atoms with Crippen LogP contribution < -0.4 is 0 Å². The van der Waals surface area contributed by atoms with E-state index in [1.54, 1.807) is 0 Å². The van der Waals surface area contributed by atoms with Gasteiger partial charge in [0.1, 0.15) is 5.58 Å². The molecule has 0 aliphatic carbocycles. The molecular formula is C11H6ClIO. The molecule has 2 heterocycles. The van der Waals surface area contributed by atoms with Gasteiger partial charge in [-0.3, -0.25) is 0 Å². The minimum atomic E-state index is -0.185. The van der Waals surface area contributed by atoms with Gasteiger partial charge in [0.2, 0.25) is 0 Å². The number of benzene rings is 1. The maximum absolute atomic E-state index is 5.99. The molecule has 0 N–H and O–H groups in total. The maximum atomic E-state index is 5.99. The summed E-state index contributed by atoms with van der Waals surface area (Å²) in [6.07, 6.45) is 1.99. The van der Waals surface area contributed by atoms with E-state index in [0.717, 1.165) is 14.4 Å². The average molecular weight is 317 g/mol. The molecule has 0 amide bonds. The van der Waals surface area contributed by atoms with Crippen molar-refractivity contribution in [2.75, 3.05) is 0 Å². The first-order valence-corrected chi connectivity index (χ1v) is 6.90. The SMILES string of the molecule is ClC1=Cc2c(oc3ccccc23)I=C1. The van der Waals surface area contributed by atoms with E-state index >= 15 is 0 Å². The van der Waals surface area contributed by atoms with Gasteiger partial charge in [-0.15, -0.1) is 0 Å². The Hall–Kier alpha value is -0.610. The quantitative estimate of drug-likeness (QED) is 0.670. The van der Waals surface area contributed by atoms with Gasteiger partial charge in [0.25, 0.3) is 0 Å². The summed E-state index contributed by atoms with van der Waals surface area (Å²) in [5.41, 5.74) is 2.15. The van der Waals surface area contributed by atoms with Crippen molar-refractivity contribution in [2.24, 2.45) is 0 Å². The summed E-state index contributed by atoms with van der Waals surface area (Å²) in [7, 11) is 0. The van der Waals surface area contributed by atoms with Gasteiger partial charge in [-0.25, -0.2) is 0 Å². The van der Waals surface area contributed by atoms with Crippen molar-refractivity contribution in [3.05, 3.63) is 38.6 Å². The highest BCUT2D eigenvalue weighted by Gasteiger charge is 2.13. The van der Waals surface area contributed by atoms with Crippen LogP contribution >= 0.6 is 32.3 Å². The summed E-state index contributed by atoms with van der Waals surface area (Å²) in [5.74, 6) is 0. The minimum absolute atomic E-state index is 0.185. The van der Waals surface area contributed by atoms with Crippen LogP contribution in [-0.2, 0) is 0 Å². The molecule has 0 saturated carbocycles. The van der Waals surface area contributed by atoms with E-state index < -0.39 is 0 Å². The zero-order valence-corrected chi connectivity index (χ0v) is 10.0. The van der Waals surface area contributed by atoms with Gasteiger partial charge in [0, 0.05) is 16.0 Å². The highest BCUT2D eigenvalue weighted by molar-refractivity contribution is 14.2. The Morgan fingerprint density at radius 1 is 1.21 bits per heavy atom. The Balaban J connectivity index is 2.43. The van der Waals surface area contributed by atoms with Crippen LogP contribution in [0, 0.1) is 3.77 Å². The minimum Gasteiger partial charge on any atom is -0.450 e. The van der Waals surface area contributed by atoms with Crippen LogP contribution in [-0.4, -0.2) is 4.01 Å². The molecule has 0 bridgehead atoms. The average Bonchev–Trinajstić information content (AvgIpc) is 2.56. The number of halogens is 2. The number of hydrogen-bond donors (Lipinski definition) is 0. The lowest BCUT2D eigenvalue weighted by molar-refractivity contribution is 0.583. The predicted molar refractivity (Wildman–Crippen MR) is 68.8 cm³/mol. The van der Waals surface area contributed by atoms with Gasteiger partial charge in [0.15, 0.2) is 3.77 Å². The largest absolute Gasteiger partial charge is 0.450 e. The third-order valence-electron chi connectivity index (χ3n) is 2.13. The van der Waals surface area contributed by atoms with Crippen molar-refractivity contribution in [2.45, 2.75) is 0 Å². The van der Waals surface area contributed by atoms with Gasteiger partial charge in [0.05, 0.1) is 0 Å². The zero-order valence-electron chi connectivity index (χ0n) is 7.13. The molecule has 0 unspecified atom stereocenters. The lowest BCUT2D eigenvalue weighted by atomic mass is 10.2. The van der Waals surface area contributed by atoms with Crippen molar-refractivity contribution in [3.63, 3.8) is 0 Å². The fourth-order valence-electron chi connectivity index (χ4n) is 1.52. The van der Waals surface area contributed by atoms with Crippen molar-refractivity contribution in [1.82, 2.24) is 0 Å². The van der Waals surface area contributed by atoms with Crippen LogP contribution in [0.25, 0.3) is 17.0 Å². The molecule has 70 valence electrons. The van der Waals surface area contributed by atoms with Crippen molar-refractivity contribution >= 4 is 53.4 Å².